The molecule has 1 amide bonds. The molecule has 0 radical (unpaired) electrons. The van der Waals surface area contributed by atoms with Crippen molar-refractivity contribution in [3.63, 3.8) is 0 Å². The van der Waals surface area contributed by atoms with Gasteiger partial charge < -0.3 is 10.1 Å². The largest absolute Gasteiger partial charge is 0.573 e. The number of halogens is 3. The molecule has 0 spiro atoms. The number of carbonyl (C=O) groups excluding carboxylic acids is 1. The molecule has 0 aliphatic rings. The van der Waals surface area contributed by atoms with Gasteiger partial charge in [0.1, 0.15) is 5.75 Å². The lowest BCUT2D eigenvalue weighted by molar-refractivity contribution is -0.274. The normalized spacial score (nSPS) is 11.3. The molecular formula is C20H19F3N4O2. The van der Waals surface area contributed by atoms with Crippen LogP contribution in [0.1, 0.15) is 28.7 Å². The minimum absolute atomic E-state index is 0.124. The highest BCUT2D eigenvalue weighted by Crippen LogP contribution is 2.22. The molecule has 6 nitrogen and oxygen atoms in total. The van der Waals surface area contributed by atoms with E-state index in [0.29, 0.717) is 11.4 Å². The fraction of sp³-hybridized carbons (Fsp3) is 0.250. The Bertz CT molecular complexity index is 980. The van der Waals surface area contributed by atoms with Gasteiger partial charge in [-0.1, -0.05) is 43.3 Å². The summed E-state index contributed by atoms with van der Waals surface area (Å²) >= 11 is 0. The Kier molecular flexibility index (Phi) is 5.86. The first-order chi connectivity index (χ1) is 13.7. The summed E-state index contributed by atoms with van der Waals surface area (Å²) in [5, 5.41) is 6.96. The van der Waals surface area contributed by atoms with E-state index < -0.39 is 12.3 Å². The summed E-state index contributed by atoms with van der Waals surface area (Å²) in [5.41, 5.74) is 2.61. The Hall–Kier alpha value is -3.36. The number of nitrogens with one attached hydrogen (secondary N) is 1. The van der Waals surface area contributed by atoms with Gasteiger partial charge in [-0.3, -0.25) is 4.79 Å². The lowest BCUT2D eigenvalue weighted by atomic mass is 10.1. The smallest absolute Gasteiger partial charge is 0.406 e. The Morgan fingerprint density at radius 1 is 1.07 bits per heavy atom. The van der Waals surface area contributed by atoms with E-state index in [2.05, 4.69) is 27.1 Å². The summed E-state index contributed by atoms with van der Waals surface area (Å²) in [6.07, 6.45) is -3.82. The van der Waals surface area contributed by atoms with Crippen LogP contribution in [0.5, 0.6) is 5.75 Å². The highest BCUT2D eigenvalue weighted by Gasteiger charge is 2.30. The number of hydrogen-bond acceptors (Lipinski definition) is 4. The fourth-order valence-corrected chi connectivity index (χ4v) is 2.66. The van der Waals surface area contributed by atoms with E-state index in [1.165, 1.54) is 34.5 Å². The number of benzene rings is 2. The summed E-state index contributed by atoms with van der Waals surface area (Å²) in [4.78, 5) is 16.7. The molecule has 0 saturated heterocycles. The monoisotopic (exact) mass is 404 g/mol. The van der Waals surface area contributed by atoms with Crippen LogP contribution >= 0.6 is 0 Å². The van der Waals surface area contributed by atoms with Gasteiger partial charge in [-0.2, -0.15) is 5.10 Å². The third kappa shape index (κ3) is 5.34. The zero-order chi connectivity index (χ0) is 21.0. The van der Waals surface area contributed by atoms with Crippen LogP contribution in [-0.2, 0) is 20.0 Å². The van der Waals surface area contributed by atoms with Crippen LogP contribution in [-0.4, -0.2) is 27.0 Å². The average molecular weight is 404 g/mol. The summed E-state index contributed by atoms with van der Waals surface area (Å²) < 4.78 is 41.8. The maximum atomic E-state index is 12.4. The Morgan fingerprint density at radius 3 is 2.28 bits per heavy atom. The maximum absolute atomic E-state index is 12.4. The van der Waals surface area contributed by atoms with Crippen LogP contribution < -0.4 is 10.1 Å². The number of alkyl halides is 3. The van der Waals surface area contributed by atoms with Gasteiger partial charge in [-0.15, -0.1) is 13.2 Å². The average Bonchev–Trinajstić information content (AvgIpc) is 3.08. The van der Waals surface area contributed by atoms with Gasteiger partial charge in [0.25, 0.3) is 5.91 Å². The van der Waals surface area contributed by atoms with Gasteiger partial charge in [0.15, 0.2) is 5.82 Å². The number of rotatable bonds is 6. The van der Waals surface area contributed by atoms with Gasteiger partial charge in [0, 0.05) is 19.2 Å². The molecule has 9 heteroatoms. The van der Waals surface area contributed by atoms with E-state index in [-0.39, 0.29) is 18.1 Å². The van der Waals surface area contributed by atoms with Crippen LogP contribution in [0.15, 0.2) is 48.5 Å². The van der Waals surface area contributed by atoms with Crippen LogP contribution in [0.3, 0.4) is 0 Å². The summed E-state index contributed by atoms with van der Waals surface area (Å²) in [7, 11) is 1.62. The van der Waals surface area contributed by atoms with Crippen molar-refractivity contribution in [3.05, 3.63) is 65.5 Å². The van der Waals surface area contributed by atoms with Gasteiger partial charge >= 0.3 is 6.36 Å². The first kappa shape index (κ1) is 20.4. The molecule has 2 aromatic carbocycles. The molecule has 1 heterocycles. The Morgan fingerprint density at radius 2 is 1.69 bits per heavy atom. The number of aromatic nitrogens is 3. The highest BCUT2D eigenvalue weighted by molar-refractivity contribution is 5.91. The van der Waals surface area contributed by atoms with E-state index in [1.54, 1.807) is 7.05 Å². The molecule has 3 rings (SSSR count). The summed E-state index contributed by atoms with van der Waals surface area (Å²) in [6.45, 7) is 2.19. The van der Waals surface area contributed by atoms with E-state index in [4.69, 9.17) is 0 Å². The van der Waals surface area contributed by atoms with Crippen LogP contribution in [0.4, 0.5) is 13.2 Å². The molecule has 0 bridgehead atoms. The highest BCUT2D eigenvalue weighted by atomic mass is 19.4. The predicted octanol–water partition coefficient (Wildman–Crippen LogP) is 3.87. The van der Waals surface area contributed by atoms with Gasteiger partial charge in [0.05, 0.1) is 0 Å². The number of carbonyl (C=O) groups is 1. The zero-order valence-corrected chi connectivity index (χ0v) is 15.8. The Balaban J connectivity index is 1.64. The van der Waals surface area contributed by atoms with E-state index in [9.17, 15) is 18.0 Å². The second kappa shape index (κ2) is 8.34. The molecule has 0 fully saturated rings. The predicted molar refractivity (Wildman–Crippen MR) is 100 cm³/mol. The van der Waals surface area contributed by atoms with Crippen molar-refractivity contribution < 1.29 is 22.7 Å². The first-order valence-corrected chi connectivity index (χ1v) is 8.88. The van der Waals surface area contributed by atoms with Crippen molar-refractivity contribution in [3.8, 4) is 17.1 Å². The van der Waals surface area contributed by atoms with Crippen molar-refractivity contribution in [1.82, 2.24) is 20.1 Å². The molecule has 0 aliphatic carbocycles. The molecule has 0 saturated carbocycles. The van der Waals surface area contributed by atoms with Crippen LogP contribution in [0.2, 0.25) is 0 Å². The molecule has 1 aromatic heterocycles. The molecule has 0 unspecified atom stereocenters. The lowest BCUT2D eigenvalue weighted by Crippen LogP contribution is -2.26. The van der Waals surface area contributed by atoms with Crippen molar-refractivity contribution in [2.75, 3.05) is 0 Å². The lowest BCUT2D eigenvalue weighted by Gasteiger charge is -2.09. The molecule has 152 valence electrons. The number of aryl methyl sites for hydroxylation is 2. The van der Waals surface area contributed by atoms with Crippen LogP contribution in [0, 0.1) is 0 Å². The Labute approximate surface area is 165 Å². The van der Waals surface area contributed by atoms with Crippen molar-refractivity contribution in [2.24, 2.45) is 7.05 Å². The maximum Gasteiger partial charge on any atom is 0.573 e. The van der Waals surface area contributed by atoms with Crippen LogP contribution in [0.25, 0.3) is 11.4 Å². The third-order valence-electron chi connectivity index (χ3n) is 4.20. The number of hydrogen-bond donors (Lipinski definition) is 1. The molecule has 3 aromatic rings. The zero-order valence-electron chi connectivity index (χ0n) is 15.8. The number of ether oxygens (including phenoxy) is 1. The van der Waals surface area contributed by atoms with Gasteiger partial charge in [0.2, 0.25) is 5.82 Å². The first-order valence-electron chi connectivity index (χ1n) is 8.88. The summed E-state index contributed by atoms with van der Waals surface area (Å²) in [5.74, 6) is -0.183. The van der Waals surface area contributed by atoms with E-state index in [0.717, 1.165) is 12.0 Å². The van der Waals surface area contributed by atoms with Gasteiger partial charge in [-0.25, -0.2) is 9.67 Å². The number of amides is 1. The molecule has 0 aliphatic heterocycles. The standard InChI is InChI=1S/C20H19F3N4O2/c1-3-13-4-8-15(9-5-13)17-25-18(27(2)26-17)19(28)24-12-14-6-10-16(11-7-14)29-20(21,22)23/h4-11H,3,12H2,1-2H3,(H,24,28). The summed E-state index contributed by atoms with van der Waals surface area (Å²) in [6, 6.07) is 13.0. The van der Waals surface area contributed by atoms with E-state index in [1.807, 2.05) is 24.3 Å². The fourth-order valence-electron chi connectivity index (χ4n) is 2.66. The van der Waals surface area contributed by atoms with Crippen molar-refractivity contribution in [1.29, 1.82) is 0 Å². The van der Waals surface area contributed by atoms with E-state index >= 15 is 0 Å². The molecule has 0 atom stereocenters. The SMILES string of the molecule is CCc1ccc(-c2nc(C(=O)NCc3ccc(OC(F)(F)F)cc3)n(C)n2)cc1. The minimum atomic E-state index is -4.74. The second-order valence-corrected chi connectivity index (χ2v) is 6.31. The van der Waals surface area contributed by atoms with Gasteiger partial charge in [-0.05, 0) is 29.7 Å². The second-order valence-electron chi connectivity index (χ2n) is 6.31. The van der Waals surface area contributed by atoms with Crippen molar-refractivity contribution >= 4 is 5.91 Å². The molecular weight excluding hydrogens is 385 g/mol. The topological polar surface area (TPSA) is 69.0 Å². The minimum Gasteiger partial charge on any atom is -0.406 e. The molecule has 29 heavy (non-hydrogen) atoms. The quantitative estimate of drug-likeness (QED) is 0.677. The van der Waals surface area contributed by atoms with Crippen molar-refractivity contribution in [2.45, 2.75) is 26.3 Å². The number of nitrogens with zero attached hydrogens (tertiary/aromatic N) is 3. The third-order valence-corrected chi connectivity index (χ3v) is 4.20. The molecule has 1 N–H and O–H groups in total.